The lowest BCUT2D eigenvalue weighted by Crippen LogP contribution is -2.42. The zero-order valence-corrected chi connectivity index (χ0v) is 17.4. The first-order chi connectivity index (χ1) is 14.8. The molecule has 0 radical (unpaired) electrons. The minimum absolute atomic E-state index is 0.215. The summed E-state index contributed by atoms with van der Waals surface area (Å²) in [4.78, 5) is 10.9. The molecular weight excluding hydrogens is 378 g/mol. The number of aromatic nitrogens is 3. The zero-order chi connectivity index (χ0) is 20.6. The molecule has 30 heavy (non-hydrogen) atoms. The molecule has 2 N–H and O–H groups in total. The summed E-state index contributed by atoms with van der Waals surface area (Å²) in [5, 5.41) is 11.1. The normalized spacial score (nSPS) is 16.0. The smallest absolute Gasteiger partial charge is 0.191 e. The predicted molar refractivity (Wildman–Crippen MR) is 116 cm³/mol. The van der Waals surface area contributed by atoms with Crippen molar-refractivity contribution in [3.8, 4) is 0 Å². The number of aliphatic imine (C=N–C) groups is 1. The number of benzene rings is 1. The van der Waals surface area contributed by atoms with Gasteiger partial charge in [-0.15, -0.1) is 0 Å². The zero-order valence-electron chi connectivity index (χ0n) is 17.4. The largest absolute Gasteiger partial charge is 0.468 e. The van der Waals surface area contributed by atoms with E-state index in [0.717, 1.165) is 31.4 Å². The topological polar surface area (TPSA) is 83.5 Å². The van der Waals surface area contributed by atoms with Crippen LogP contribution in [0, 0.1) is 0 Å². The summed E-state index contributed by atoms with van der Waals surface area (Å²) in [7, 11) is 1.80. The summed E-state index contributed by atoms with van der Waals surface area (Å²) in [5.74, 6) is 1.79. The summed E-state index contributed by atoms with van der Waals surface area (Å²) in [6, 6.07) is 12.7. The molecule has 8 heteroatoms. The van der Waals surface area contributed by atoms with Gasteiger partial charge in [-0.25, -0.2) is 9.67 Å². The van der Waals surface area contributed by atoms with E-state index in [1.54, 1.807) is 26.0 Å². The van der Waals surface area contributed by atoms with E-state index in [0.29, 0.717) is 13.1 Å². The minimum Gasteiger partial charge on any atom is -0.468 e. The average Bonchev–Trinajstić information content (AvgIpc) is 3.55. The van der Waals surface area contributed by atoms with E-state index in [-0.39, 0.29) is 6.04 Å². The van der Waals surface area contributed by atoms with Crippen molar-refractivity contribution >= 4 is 5.96 Å². The van der Waals surface area contributed by atoms with Crippen LogP contribution >= 0.6 is 0 Å². The quantitative estimate of drug-likeness (QED) is 0.441. The molecular formula is C22H29N7O. The summed E-state index contributed by atoms with van der Waals surface area (Å²) in [5.41, 5.74) is 2.38. The van der Waals surface area contributed by atoms with Crippen molar-refractivity contribution in [3.05, 3.63) is 72.2 Å². The van der Waals surface area contributed by atoms with Crippen LogP contribution in [0.5, 0.6) is 0 Å². The molecule has 1 unspecified atom stereocenters. The summed E-state index contributed by atoms with van der Waals surface area (Å²) >= 11 is 0. The fourth-order valence-electron chi connectivity index (χ4n) is 3.88. The molecule has 1 aliphatic heterocycles. The molecule has 158 valence electrons. The Morgan fingerprint density at radius 1 is 1.17 bits per heavy atom. The number of hydrogen-bond donors (Lipinski definition) is 2. The van der Waals surface area contributed by atoms with Crippen LogP contribution in [-0.4, -0.2) is 52.3 Å². The Morgan fingerprint density at radius 2 is 2.03 bits per heavy atom. The number of furan rings is 1. The second kappa shape index (κ2) is 10.1. The van der Waals surface area contributed by atoms with Crippen LogP contribution in [0.4, 0.5) is 0 Å². The van der Waals surface area contributed by atoms with Gasteiger partial charge in [0.25, 0.3) is 0 Å². The van der Waals surface area contributed by atoms with Crippen LogP contribution in [0.2, 0.25) is 0 Å². The lowest BCUT2D eigenvalue weighted by molar-refractivity contribution is 0.215. The van der Waals surface area contributed by atoms with Crippen molar-refractivity contribution in [1.82, 2.24) is 30.3 Å². The summed E-state index contributed by atoms with van der Waals surface area (Å²) in [6.45, 7) is 4.37. The van der Waals surface area contributed by atoms with E-state index in [1.165, 1.54) is 24.0 Å². The number of guanidine groups is 1. The first-order valence-corrected chi connectivity index (χ1v) is 10.4. The highest BCUT2D eigenvalue weighted by molar-refractivity contribution is 5.79. The molecule has 2 aromatic heterocycles. The second-order valence-electron chi connectivity index (χ2n) is 7.49. The van der Waals surface area contributed by atoms with Gasteiger partial charge in [0, 0.05) is 20.1 Å². The van der Waals surface area contributed by atoms with Gasteiger partial charge in [-0.3, -0.25) is 9.89 Å². The maximum absolute atomic E-state index is 5.71. The van der Waals surface area contributed by atoms with E-state index in [9.17, 15) is 0 Å². The third kappa shape index (κ3) is 5.27. The standard InChI is InChI=1S/C22H29N7O/c1-23-22(26-14-20(21-8-5-11-30-21)28-9-2-3-10-28)25-13-18-6-4-7-19(12-18)15-29-17-24-16-27-29/h4-8,11-12,16-17,20H,2-3,9-10,13-15H2,1H3,(H2,23,25,26). The highest BCUT2D eigenvalue weighted by Gasteiger charge is 2.25. The average molecular weight is 408 g/mol. The Labute approximate surface area is 177 Å². The van der Waals surface area contributed by atoms with Gasteiger partial charge in [0.2, 0.25) is 0 Å². The van der Waals surface area contributed by atoms with E-state index in [4.69, 9.17) is 4.42 Å². The highest BCUT2D eigenvalue weighted by Crippen LogP contribution is 2.24. The number of nitrogens with one attached hydrogen (secondary N) is 2. The van der Waals surface area contributed by atoms with E-state index < -0.39 is 0 Å². The Kier molecular flexibility index (Phi) is 6.76. The van der Waals surface area contributed by atoms with Crippen molar-refractivity contribution in [2.45, 2.75) is 32.0 Å². The Morgan fingerprint density at radius 3 is 2.77 bits per heavy atom. The van der Waals surface area contributed by atoms with Crippen LogP contribution in [0.15, 0.2) is 64.7 Å². The third-order valence-corrected chi connectivity index (χ3v) is 5.40. The predicted octanol–water partition coefficient (Wildman–Crippen LogP) is 2.42. The van der Waals surface area contributed by atoms with Crippen molar-refractivity contribution in [3.63, 3.8) is 0 Å². The van der Waals surface area contributed by atoms with Gasteiger partial charge in [-0.05, 0) is 49.2 Å². The molecule has 3 heterocycles. The van der Waals surface area contributed by atoms with E-state index in [2.05, 4.69) is 60.9 Å². The van der Waals surface area contributed by atoms with Gasteiger partial charge in [0.05, 0.1) is 18.8 Å². The van der Waals surface area contributed by atoms with Gasteiger partial charge >= 0.3 is 0 Å². The van der Waals surface area contributed by atoms with Crippen LogP contribution < -0.4 is 10.6 Å². The first kappa shape index (κ1) is 20.2. The molecule has 8 nitrogen and oxygen atoms in total. The summed E-state index contributed by atoms with van der Waals surface area (Å²) < 4.78 is 7.53. The third-order valence-electron chi connectivity index (χ3n) is 5.40. The highest BCUT2D eigenvalue weighted by atomic mass is 16.3. The van der Waals surface area contributed by atoms with Crippen LogP contribution in [0.3, 0.4) is 0 Å². The Balaban J connectivity index is 1.32. The molecule has 1 saturated heterocycles. The number of likely N-dealkylation sites (tertiary alicyclic amines) is 1. The SMILES string of the molecule is CN=C(NCc1cccc(Cn2cncn2)c1)NCC(c1ccco1)N1CCCC1. The molecule has 0 spiro atoms. The molecule has 0 bridgehead atoms. The molecule has 3 aromatic rings. The number of hydrogen-bond acceptors (Lipinski definition) is 5. The monoisotopic (exact) mass is 407 g/mol. The molecule has 1 fully saturated rings. The molecule has 0 saturated carbocycles. The molecule has 1 atom stereocenters. The first-order valence-electron chi connectivity index (χ1n) is 10.4. The van der Waals surface area contributed by atoms with Gasteiger partial charge in [-0.2, -0.15) is 5.10 Å². The number of rotatable bonds is 8. The lowest BCUT2D eigenvalue weighted by atomic mass is 10.1. The fraction of sp³-hybridized carbons (Fsp3) is 0.409. The van der Waals surface area contributed by atoms with Gasteiger partial charge in [0.15, 0.2) is 5.96 Å². The molecule has 1 aliphatic rings. The Hall–Kier alpha value is -3.13. The number of nitrogens with zero attached hydrogens (tertiary/aromatic N) is 5. The van der Waals surface area contributed by atoms with Gasteiger partial charge < -0.3 is 15.1 Å². The van der Waals surface area contributed by atoms with Crippen molar-refractivity contribution in [2.24, 2.45) is 4.99 Å². The minimum atomic E-state index is 0.215. The maximum atomic E-state index is 5.71. The maximum Gasteiger partial charge on any atom is 0.191 e. The molecule has 4 rings (SSSR count). The van der Waals surface area contributed by atoms with E-state index >= 15 is 0 Å². The van der Waals surface area contributed by atoms with Crippen molar-refractivity contribution < 1.29 is 4.42 Å². The lowest BCUT2D eigenvalue weighted by Gasteiger charge is -2.26. The van der Waals surface area contributed by atoms with E-state index in [1.807, 2.05) is 10.7 Å². The van der Waals surface area contributed by atoms with Gasteiger partial charge in [-0.1, -0.05) is 24.3 Å². The van der Waals surface area contributed by atoms with Crippen LogP contribution in [-0.2, 0) is 13.1 Å². The summed E-state index contributed by atoms with van der Waals surface area (Å²) in [6.07, 6.45) is 7.52. The fourth-order valence-corrected chi connectivity index (χ4v) is 3.88. The molecule has 0 aliphatic carbocycles. The van der Waals surface area contributed by atoms with Gasteiger partial charge in [0.1, 0.15) is 18.4 Å². The Bertz CT molecular complexity index is 915. The van der Waals surface area contributed by atoms with Crippen molar-refractivity contribution in [1.29, 1.82) is 0 Å². The van der Waals surface area contributed by atoms with Crippen LogP contribution in [0.1, 0.15) is 35.8 Å². The molecule has 1 aromatic carbocycles. The second-order valence-corrected chi connectivity index (χ2v) is 7.49. The molecule has 0 amide bonds. The van der Waals surface area contributed by atoms with Crippen LogP contribution in [0.25, 0.3) is 0 Å². The van der Waals surface area contributed by atoms with Crippen molar-refractivity contribution in [2.75, 3.05) is 26.7 Å².